The molecular formula is C15H26BrN3. The Labute approximate surface area is 125 Å². The lowest BCUT2D eigenvalue weighted by Crippen LogP contribution is -2.30. The van der Waals surface area contributed by atoms with Gasteiger partial charge in [-0.25, -0.2) is 0 Å². The molecule has 0 amide bonds. The molecule has 1 aliphatic rings. The summed E-state index contributed by atoms with van der Waals surface area (Å²) in [5.41, 5.74) is 1.33. The van der Waals surface area contributed by atoms with Crippen molar-refractivity contribution in [2.24, 2.45) is 11.8 Å². The van der Waals surface area contributed by atoms with Crippen molar-refractivity contribution in [2.75, 3.05) is 6.54 Å². The molecule has 3 unspecified atom stereocenters. The second-order valence-corrected chi connectivity index (χ2v) is 6.98. The Morgan fingerprint density at radius 2 is 2.21 bits per heavy atom. The second-order valence-electron chi connectivity index (χ2n) is 6.13. The van der Waals surface area contributed by atoms with E-state index in [4.69, 9.17) is 0 Å². The van der Waals surface area contributed by atoms with Crippen LogP contribution in [0.15, 0.2) is 10.7 Å². The number of rotatable bonds is 5. The van der Waals surface area contributed by atoms with E-state index in [1.165, 1.54) is 25.0 Å². The predicted molar refractivity (Wildman–Crippen MR) is 83.2 cm³/mol. The van der Waals surface area contributed by atoms with Gasteiger partial charge in [-0.15, -0.1) is 0 Å². The van der Waals surface area contributed by atoms with Gasteiger partial charge < -0.3 is 5.32 Å². The molecule has 1 N–H and O–H groups in total. The van der Waals surface area contributed by atoms with Crippen LogP contribution in [-0.2, 0) is 0 Å². The SMILES string of the molecule is CCNC(c1c(Br)cnn1C(C)C)C1CCC(C)C1. The highest BCUT2D eigenvalue weighted by Gasteiger charge is 2.32. The minimum Gasteiger partial charge on any atom is -0.309 e. The van der Waals surface area contributed by atoms with E-state index in [1.54, 1.807) is 0 Å². The van der Waals surface area contributed by atoms with Crippen LogP contribution in [0.1, 0.15) is 64.7 Å². The molecule has 0 radical (unpaired) electrons. The van der Waals surface area contributed by atoms with E-state index < -0.39 is 0 Å². The Bertz CT molecular complexity index is 414. The van der Waals surface area contributed by atoms with Gasteiger partial charge in [0.15, 0.2) is 0 Å². The third-order valence-electron chi connectivity index (χ3n) is 4.20. The molecule has 19 heavy (non-hydrogen) atoms. The van der Waals surface area contributed by atoms with E-state index in [0.29, 0.717) is 12.1 Å². The minimum absolute atomic E-state index is 0.404. The summed E-state index contributed by atoms with van der Waals surface area (Å²) in [4.78, 5) is 0. The van der Waals surface area contributed by atoms with Crippen molar-refractivity contribution in [3.8, 4) is 0 Å². The molecule has 3 nitrogen and oxygen atoms in total. The second kappa shape index (κ2) is 6.40. The maximum absolute atomic E-state index is 4.54. The zero-order valence-electron chi connectivity index (χ0n) is 12.5. The van der Waals surface area contributed by atoms with E-state index in [0.717, 1.165) is 22.9 Å². The van der Waals surface area contributed by atoms with Crippen LogP contribution in [-0.4, -0.2) is 16.3 Å². The smallest absolute Gasteiger partial charge is 0.0701 e. The van der Waals surface area contributed by atoms with Gasteiger partial charge in [-0.05, 0) is 61.0 Å². The Kier molecular flexibility index (Phi) is 5.07. The first-order valence-electron chi connectivity index (χ1n) is 7.50. The topological polar surface area (TPSA) is 29.9 Å². The summed E-state index contributed by atoms with van der Waals surface area (Å²) in [6.45, 7) is 9.96. The lowest BCUT2D eigenvalue weighted by Gasteiger charge is -2.27. The van der Waals surface area contributed by atoms with E-state index >= 15 is 0 Å². The van der Waals surface area contributed by atoms with E-state index in [1.807, 2.05) is 6.20 Å². The Morgan fingerprint density at radius 1 is 1.47 bits per heavy atom. The lowest BCUT2D eigenvalue weighted by molar-refractivity contribution is 0.334. The van der Waals surface area contributed by atoms with Crippen LogP contribution in [0.5, 0.6) is 0 Å². The Morgan fingerprint density at radius 3 is 2.74 bits per heavy atom. The maximum Gasteiger partial charge on any atom is 0.0701 e. The van der Waals surface area contributed by atoms with Crippen molar-refractivity contribution in [1.29, 1.82) is 0 Å². The fraction of sp³-hybridized carbons (Fsp3) is 0.800. The van der Waals surface area contributed by atoms with Crippen molar-refractivity contribution in [1.82, 2.24) is 15.1 Å². The quantitative estimate of drug-likeness (QED) is 0.873. The summed E-state index contributed by atoms with van der Waals surface area (Å²) in [7, 11) is 0. The van der Waals surface area contributed by atoms with Crippen LogP contribution in [0.3, 0.4) is 0 Å². The van der Waals surface area contributed by atoms with Gasteiger partial charge in [0.2, 0.25) is 0 Å². The molecule has 1 aromatic rings. The molecule has 1 aromatic heterocycles. The van der Waals surface area contributed by atoms with Gasteiger partial charge in [-0.3, -0.25) is 4.68 Å². The molecule has 2 rings (SSSR count). The molecular weight excluding hydrogens is 302 g/mol. The molecule has 108 valence electrons. The maximum atomic E-state index is 4.54. The van der Waals surface area contributed by atoms with Crippen LogP contribution >= 0.6 is 15.9 Å². The average Bonchev–Trinajstić information content (AvgIpc) is 2.93. The fourth-order valence-electron chi connectivity index (χ4n) is 3.31. The molecule has 0 bridgehead atoms. The average molecular weight is 328 g/mol. The summed E-state index contributed by atoms with van der Waals surface area (Å²) >= 11 is 3.69. The zero-order chi connectivity index (χ0) is 14.0. The highest BCUT2D eigenvalue weighted by atomic mass is 79.9. The molecule has 1 saturated carbocycles. The summed E-state index contributed by atoms with van der Waals surface area (Å²) < 4.78 is 3.31. The molecule has 0 spiro atoms. The van der Waals surface area contributed by atoms with E-state index in [9.17, 15) is 0 Å². The number of hydrogen-bond acceptors (Lipinski definition) is 2. The molecule has 3 atom stereocenters. The van der Waals surface area contributed by atoms with Crippen molar-refractivity contribution < 1.29 is 0 Å². The summed E-state index contributed by atoms with van der Waals surface area (Å²) in [5, 5.41) is 8.23. The van der Waals surface area contributed by atoms with E-state index in [2.05, 4.69) is 58.7 Å². The van der Waals surface area contributed by atoms with Gasteiger partial charge in [-0.2, -0.15) is 5.10 Å². The largest absolute Gasteiger partial charge is 0.309 e. The fourth-order valence-corrected chi connectivity index (χ4v) is 3.83. The van der Waals surface area contributed by atoms with Crippen LogP contribution in [0.2, 0.25) is 0 Å². The summed E-state index contributed by atoms with van der Waals surface area (Å²) in [6.07, 6.45) is 5.96. The molecule has 1 aliphatic carbocycles. The molecule has 0 aromatic carbocycles. The highest BCUT2D eigenvalue weighted by Crippen LogP contribution is 2.41. The summed E-state index contributed by atoms with van der Waals surface area (Å²) in [6, 6.07) is 0.829. The first kappa shape index (κ1) is 15.0. The van der Waals surface area contributed by atoms with Gasteiger partial charge >= 0.3 is 0 Å². The highest BCUT2D eigenvalue weighted by molar-refractivity contribution is 9.10. The van der Waals surface area contributed by atoms with Crippen molar-refractivity contribution in [3.63, 3.8) is 0 Å². The van der Waals surface area contributed by atoms with Crippen LogP contribution in [0, 0.1) is 11.8 Å². The number of halogens is 1. The minimum atomic E-state index is 0.404. The van der Waals surface area contributed by atoms with Gasteiger partial charge in [0.05, 0.1) is 22.4 Å². The molecule has 1 fully saturated rings. The number of aromatic nitrogens is 2. The Balaban J connectivity index is 2.30. The number of nitrogens with one attached hydrogen (secondary N) is 1. The van der Waals surface area contributed by atoms with Crippen LogP contribution in [0.25, 0.3) is 0 Å². The predicted octanol–water partition coefficient (Wildman–Crippen LogP) is 4.31. The van der Waals surface area contributed by atoms with Gasteiger partial charge in [0.1, 0.15) is 0 Å². The zero-order valence-corrected chi connectivity index (χ0v) is 14.1. The van der Waals surface area contributed by atoms with Gasteiger partial charge in [0, 0.05) is 6.04 Å². The monoisotopic (exact) mass is 327 g/mol. The normalized spacial score (nSPS) is 25.2. The third-order valence-corrected chi connectivity index (χ3v) is 4.81. The van der Waals surface area contributed by atoms with Crippen molar-refractivity contribution >= 4 is 15.9 Å². The van der Waals surface area contributed by atoms with Crippen molar-refractivity contribution in [2.45, 2.75) is 59.0 Å². The van der Waals surface area contributed by atoms with Crippen molar-refractivity contribution in [3.05, 3.63) is 16.4 Å². The van der Waals surface area contributed by atoms with Gasteiger partial charge in [-0.1, -0.05) is 20.3 Å². The number of hydrogen-bond donors (Lipinski definition) is 1. The van der Waals surface area contributed by atoms with E-state index in [-0.39, 0.29) is 0 Å². The molecule has 0 aliphatic heterocycles. The van der Waals surface area contributed by atoms with Gasteiger partial charge in [0.25, 0.3) is 0 Å². The number of nitrogens with zero attached hydrogens (tertiary/aromatic N) is 2. The van der Waals surface area contributed by atoms with Crippen LogP contribution in [0.4, 0.5) is 0 Å². The molecule has 1 heterocycles. The Hall–Kier alpha value is -0.350. The third kappa shape index (κ3) is 3.22. The molecule has 4 heteroatoms. The lowest BCUT2D eigenvalue weighted by atomic mass is 9.94. The molecule has 0 saturated heterocycles. The van der Waals surface area contributed by atoms with Crippen LogP contribution < -0.4 is 5.32 Å². The standard InChI is InChI=1S/C15H26BrN3/c1-5-17-14(12-7-6-11(4)8-12)15-13(16)9-18-19(15)10(2)3/h9-12,14,17H,5-8H2,1-4H3. The first-order chi connectivity index (χ1) is 9.04. The first-order valence-corrected chi connectivity index (χ1v) is 8.30. The summed E-state index contributed by atoms with van der Waals surface area (Å²) in [5.74, 6) is 1.60.